The van der Waals surface area contributed by atoms with Crippen molar-refractivity contribution >= 4 is 22.3 Å². The molecule has 0 radical (unpaired) electrons. The summed E-state index contributed by atoms with van der Waals surface area (Å²) >= 11 is 1.33. The van der Waals surface area contributed by atoms with Gasteiger partial charge in [-0.15, -0.1) is 5.10 Å². The second kappa shape index (κ2) is 4.14. The molecule has 0 spiro atoms. The standard InChI is InChI=1S/C13H10N2OS/c16-13-10(7-11-8-17-15-14-11)6-5-9-3-1-2-4-12(9)13/h1-6,8,16H,7H2. The molecule has 2 aromatic carbocycles. The molecule has 3 rings (SSSR count). The van der Waals surface area contributed by atoms with Crippen LogP contribution in [-0.4, -0.2) is 14.7 Å². The third-order valence-electron chi connectivity index (χ3n) is 2.76. The van der Waals surface area contributed by atoms with Crippen LogP contribution in [0, 0.1) is 0 Å². The van der Waals surface area contributed by atoms with Crippen LogP contribution in [0.1, 0.15) is 11.3 Å². The zero-order chi connectivity index (χ0) is 11.7. The molecule has 1 aromatic heterocycles. The first-order valence-electron chi connectivity index (χ1n) is 5.30. The van der Waals surface area contributed by atoms with Crippen molar-refractivity contribution in [2.45, 2.75) is 6.42 Å². The minimum atomic E-state index is 0.344. The lowest BCUT2D eigenvalue weighted by atomic mass is 10.0. The highest BCUT2D eigenvalue weighted by Crippen LogP contribution is 2.29. The van der Waals surface area contributed by atoms with Crippen molar-refractivity contribution in [2.24, 2.45) is 0 Å². The lowest BCUT2D eigenvalue weighted by Gasteiger charge is -2.06. The maximum Gasteiger partial charge on any atom is 0.126 e. The van der Waals surface area contributed by atoms with Crippen molar-refractivity contribution in [1.29, 1.82) is 0 Å². The molecule has 0 aliphatic rings. The summed E-state index contributed by atoms with van der Waals surface area (Å²) in [7, 11) is 0. The van der Waals surface area contributed by atoms with E-state index in [9.17, 15) is 5.11 Å². The summed E-state index contributed by atoms with van der Waals surface area (Å²) in [6.07, 6.45) is 0.618. The second-order valence-corrected chi connectivity index (χ2v) is 4.48. The average Bonchev–Trinajstić information content (AvgIpc) is 2.86. The van der Waals surface area contributed by atoms with Gasteiger partial charge in [0, 0.05) is 22.8 Å². The van der Waals surface area contributed by atoms with E-state index < -0.39 is 0 Å². The number of phenols is 1. The van der Waals surface area contributed by atoms with E-state index in [1.54, 1.807) is 0 Å². The van der Waals surface area contributed by atoms with Gasteiger partial charge in [0.1, 0.15) is 5.75 Å². The van der Waals surface area contributed by atoms with E-state index in [-0.39, 0.29) is 0 Å². The van der Waals surface area contributed by atoms with Gasteiger partial charge in [0.15, 0.2) is 0 Å². The predicted molar refractivity (Wildman–Crippen MR) is 68.3 cm³/mol. The van der Waals surface area contributed by atoms with E-state index in [1.807, 2.05) is 41.8 Å². The quantitative estimate of drug-likeness (QED) is 0.751. The number of benzene rings is 2. The minimum absolute atomic E-state index is 0.344. The molecule has 0 aliphatic carbocycles. The lowest BCUT2D eigenvalue weighted by molar-refractivity contribution is 0.475. The number of fused-ring (bicyclic) bond motifs is 1. The van der Waals surface area contributed by atoms with E-state index in [0.29, 0.717) is 12.2 Å². The zero-order valence-corrected chi connectivity index (χ0v) is 9.81. The van der Waals surface area contributed by atoms with Gasteiger partial charge in [-0.1, -0.05) is 40.9 Å². The summed E-state index contributed by atoms with van der Waals surface area (Å²) in [4.78, 5) is 0. The maximum atomic E-state index is 10.2. The molecule has 1 heterocycles. The molecule has 17 heavy (non-hydrogen) atoms. The van der Waals surface area contributed by atoms with Crippen molar-refractivity contribution in [3.63, 3.8) is 0 Å². The van der Waals surface area contributed by atoms with Crippen molar-refractivity contribution in [2.75, 3.05) is 0 Å². The number of rotatable bonds is 2. The fourth-order valence-corrected chi connectivity index (χ4v) is 2.35. The number of aromatic hydroxyl groups is 1. The highest BCUT2D eigenvalue weighted by Gasteiger charge is 2.07. The van der Waals surface area contributed by atoms with Crippen LogP contribution in [0.4, 0.5) is 0 Å². The van der Waals surface area contributed by atoms with E-state index in [2.05, 4.69) is 9.59 Å². The summed E-state index contributed by atoms with van der Waals surface area (Å²) in [5.41, 5.74) is 1.77. The Labute approximate surface area is 103 Å². The fraction of sp³-hybridized carbons (Fsp3) is 0.0769. The largest absolute Gasteiger partial charge is 0.507 e. The molecular weight excluding hydrogens is 232 g/mol. The zero-order valence-electron chi connectivity index (χ0n) is 9.00. The third-order valence-corrected chi connectivity index (χ3v) is 3.31. The van der Waals surface area contributed by atoms with E-state index in [1.165, 1.54) is 11.5 Å². The van der Waals surface area contributed by atoms with Gasteiger partial charge in [0.25, 0.3) is 0 Å². The van der Waals surface area contributed by atoms with Gasteiger partial charge >= 0.3 is 0 Å². The number of phenolic OH excluding ortho intramolecular Hbond substituents is 1. The monoisotopic (exact) mass is 242 g/mol. The summed E-state index contributed by atoms with van der Waals surface area (Å²) < 4.78 is 3.82. The van der Waals surface area contributed by atoms with Crippen molar-refractivity contribution in [3.05, 3.63) is 53.0 Å². The Kier molecular flexibility index (Phi) is 2.49. The van der Waals surface area contributed by atoms with Gasteiger partial charge in [0.05, 0.1) is 5.69 Å². The normalized spacial score (nSPS) is 10.8. The predicted octanol–water partition coefficient (Wildman–Crippen LogP) is 2.99. The summed E-state index contributed by atoms with van der Waals surface area (Å²) in [6.45, 7) is 0. The van der Waals surface area contributed by atoms with Crippen molar-refractivity contribution in [1.82, 2.24) is 9.59 Å². The lowest BCUT2D eigenvalue weighted by Crippen LogP contribution is -1.90. The number of hydrogen-bond donors (Lipinski definition) is 1. The molecule has 0 unspecified atom stereocenters. The van der Waals surface area contributed by atoms with Crippen LogP contribution in [0.25, 0.3) is 10.8 Å². The molecule has 4 heteroatoms. The van der Waals surface area contributed by atoms with Crippen LogP contribution < -0.4 is 0 Å². The molecule has 3 nitrogen and oxygen atoms in total. The topological polar surface area (TPSA) is 46.0 Å². The molecule has 1 N–H and O–H groups in total. The molecule has 0 atom stereocenters. The number of nitrogens with zero attached hydrogens (tertiary/aromatic N) is 2. The molecular formula is C13H10N2OS. The summed E-state index contributed by atoms with van der Waals surface area (Å²) in [5.74, 6) is 0.344. The van der Waals surface area contributed by atoms with Gasteiger partial charge < -0.3 is 5.11 Å². The minimum Gasteiger partial charge on any atom is -0.507 e. The van der Waals surface area contributed by atoms with Gasteiger partial charge in [0.2, 0.25) is 0 Å². The van der Waals surface area contributed by atoms with Crippen molar-refractivity contribution in [3.8, 4) is 5.75 Å². The van der Waals surface area contributed by atoms with Gasteiger partial charge in [-0.25, -0.2) is 0 Å². The number of aromatic nitrogens is 2. The second-order valence-electron chi connectivity index (χ2n) is 3.87. The fourth-order valence-electron chi connectivity index (χ4n) is 1.90. The molecule has 0 amide bonds. The van der Waals surface area contributed by atoms with E-state index in [0.717, 1.165) is 22.0 Å². The smallest absolute Gasteiger partial charge is 0.126 e. The van der Waals surface area contributed by atoms with E-state index in [4.69, 9.17) is 0 Å². The molecule has 0 saturated heterocycles. The molecule has 84 valence electrons. The van der Waals surface area contributed by atoms with Crippen LogP contribution in [0.15, 0.2) is 41.8 Å². The van der Waals surface area contributed by atoms with Gasteiger partial charge in [-0.05, 0) is 16.9 Å². The van der Waals surface area contributed by atoms with Crippen LogP contribution >= 0.6 is 11.5 Å². The Morgan fingerprint density at radius 2 is 2.00 bits per heavy atom. The first-order valence-corrected chi connectivity index (χ1v) is 6.14. The Hall–Kier alpha value is -1.94. The van der Waals surface area contributed by atoms with Crippen molar-refractivity contribution < 1.29 is 5.11 Å². The molecule has 0 fully saturated rings. The summed E-state index contributed by atoms with van der Waals surface area (Å²) in [5, 5.41) is 18.0. The number of hydrogen-bond acceptors (Lipinski definition) is 4. The van der Waals surface area contributed by atoms with Crippen LogP contribution in [0.2, 0.25) is 0 Å². The van der Waals surface area contributed by atoms with E-state index >= 15 is 0 Å². The van der Waals surface area contributed by atoms with Gasteiger partial charge in [-0.2, -0.15) is 0 Å². The average molecular weight is 242 g/mol. The Balaban J connectivity index is 2.09. The summed E-state index contributed by atoms with van der Waals surface area (Å²) in [6, 6.07) is 11.8. The van der Waals surface area contributed by atoms with Crippen LogP contribution in [0.3, 0.4) is 0 Å². The first kappa shape index (κ1) is 10.2. The highest BCUT2D eigenvalue weighted by molar-refractivity contribution is 7.03. The van der Waals surface area contributed by atoms with Crippen LogP contribution in [0.5, 0.6) is 5.75 Å². The molecule has 0 saturated carbocycles. The molecule has 3 aromatic rings. The Morgan fingerprint density at radius 3 is 2.82 bits per heavy atom. The highest BCUT2D eigenvalue weighted by atomic mass is 32.1. The van der Waals surface area contributed by atoms with Crippen LogP contribution in [-0.2, 0) is 6.42 Å². The Morgan fingerprint density at radius 1 is 1.12 bits per heavy atom. The maximum absolute atomic E-state index is 10.2. The molecule has 0 bridgehead atoms. The Bertz CT molecular complexity index is 650. The van der Waals surface area contributed by atoms with Gasteiger partial charge in [-0.3, -0.25) is 0 Å². The first-order chi connectivity index (χ1) is 8.34. The SMILES string of the molecule is Oc1c(Cc2csnn2)ccc2ccccc12. The third kappa shape index (κ3) is 1.87. The molecule has 0 aliphatic heterocycles.